The van der Waals surface area contributed by atoms with Crippen LogP contribution in [0, 0.1) is 6.92 Å². The number of H-pyrrole nitrogens is 1. The Labute approximate surface area is 102 Å². The van der Waals surface area contributed by atoms with Crippen molar-refractivity contribution >= 4 is 5.91 Å². The SMILES string of the molecule is Cc1nc(CN(C)C(=O)c2ccc(=O)oc2)n[nH]1. The summed E-state index contributed by atoms with van der Waals surface area (Å²) in [6.07, 6.45) is 1.14. The fourth-order valence-corrected chi connectivity index (χ4v) is 1.44. The first-order valence-electron chi connectivity index (χ1n) is 5.28. The van der Waals surface area contributed by atoms with Gasteiger partial charge in [0.15, 0.2) is 5.82 Å². The molecule has 0 aromatic carbocycles. The van der Waals surface area contributed by atoms with Crippen LogP contribution in [0.1, 0.15) is 22.0 Å². The maximum absolute atomic E-state index is 12.0. The van der Waals surface area contributed by atoms with Crippen molar-refractivity contribution in [3.63, 3.8) is 0 Å². The summed E-state index contributed by atoms with van der Waals surface area (Å²) < 4.78 is 4.64. The minimum absolute atomic E-state index is 0.263. The van der Waals surface area contributed by atoms with Gasteiger partial charge in [0, 0.05) is 13.1 Å². The Balaban J connectivity index is 2.09. The number of nitrogens with one attached hydrogen (secondary N) is 1. The average molecular weight is 248 g/mol. The smallest absolute Gasteiger partial charge is 0.335 e. The van der Waals surface area contributed by atoms with Crippen LogP contribution in [0.4, 0.5) is 0 Å². The normalized spacial score (nSPS) is 10.3. The number of hydrogen-bond acceptors (Lipinski definition) is 5. The highest BCUT2D eigenvalue weighted by Crippen LogP contribution is 2.04. The fourth-order valence-electron chi connectivity index (χ4n) is 1.44. The van der Waals surface area contributed by atoms with E-state index in [1.807, 2.05) is 0 Å². The van der Waals surface area contributed by atoms with E-state index in [1.54, 1.807) is 14.0 Å². The van der Waals surface area contributed by atoms with Crippen LogP contribution in [-0.2, 0) is 6.54 Å². The summed E-state index contributed by atoms with van der Waals surface area (Å²) in [6, 6.07) is 2.63. The van der Waals surface area contributed by atoms with E-state index in [1.165, 1.54) is 17.0 Å². The van der Waals surface area contributed by atoms with E-state index in [4.69, 9.17) is 0 Å². The predicted octanol–water partition coefficient (Wildman–Crippen LogP) is 0.339. The molecule has 2 aromatic rings. The van der Waals surface area contributed by atoms with Crippen LogP contribution in [-0.4, -0.2) is 33.0 Å². The summed E-state index contributed by atoms with van der Waals surface area (Å²) in [5.41, 5.74) is -0.178. The number of aromatic amines is 1. The van der Waals surface area contributed by atoms with Gasteiger partial charge < -0.3 is 9.32 Å². The minimum atomic E-state index is -0.487. The Morgan fingerprint density at radius 3 is 2.83 bits per heavy atom. The third-order valence-corrected chi connectivity index (χ3v) is 2.32. The van der Waals surface area contributed by atoms with Crippen LogP contribution < -0.4 is 5.63 Å². The van der Waals surface area contributed by atoms with Crippen LogP contribution in [0.15, 0.2) is 27.6 Å². The van der Waals surface area contributed by atoms with E-state index in [9.17, 15) is 9.59 Å². The van der Waals surface area contributed by atoms with Gasteiger partial charge in [0.2, 0.25) is 0 Å². The summed E-state index contributed by atoms with van der Waals surface area (Å²) in [5.74, 6) is 0.957. The zero-order chi connectivity index (χ0) is 13.1. The maximum atomic E-state index is 12.0. The molecule has 0 radical (unpaired) electrons. The molecule has 0 spiro atoms. The summed E-state index contributed by atoms with van der Waals surface area (Å²) in [4.78, 5) is 28.3. The zero-order valence-corrected chi connectivity index (χ0v) is 10.0. The number of carbonyl (C=O) groups is 1. The van der Waals surface area contributed by atoms with Gasteiger partial charge in [-0.1, -0.05) is 0 Å². The van der Waals surface area contributed by atoms with E-state index < -0.39 is 5.63 Å². The molecule has 18 heavy (non-hydrogen) atoms. The number of carbonyl (C=O) groups excluding carboxylic acids is 1. The Morgan fingerprint density at radius 2 is 2.28 bits per heavy atom. The molecule has 1 amide bonds. The molecule has 0 saturated heterocycles. The molecule has 0 atom stereocenters. The van der Waals surface area contributed by atoms with Crippen molar-refractivity contribution < 1.29 is 9.21 Å². The van der Waals surface area contributed by atoms with Crippen molar-refractivity contribution in [1.29, 1.82) is 0 Å². The molecule has 0 bridgehead atoms. The standard InChI is InChI=1S/C11H12N4O3/c1-7-12-9(14-13-7)5-15(2)11(17)8-3-4-10(16)18-6-8/h3-4,6H,5H2,1-2H3,(H,12,13,14). The van der Waals surface area contributed by atoms with Crippen molar-refractivity contribution in [2.75, 3.05) is 7.05 Å². The second kappa shape index (κ2) is 4.82. The Hall–Kier alpha value is -2.44. The molecule has 94 valence electrons. The highest BCUT2D eigenvalue weighted by Gasteiger charge is 2.14. The molecule has 0 saturated carbocycles. The van der Waals surface area contributed by atoms with E-state index in [0.29, 0.717) is 17.2 Å². The van der Waals surface area contributed by atoms with E-state index in [2.05, 4.69) is 19.6 Å². The van der Waals surface area contributed by atoms with Crippen molar-refractivity contribution in [3.8, 4) is 0 Å². The Morgan fingerprint density at radius 1 is 1.50 bits per heavy atom. The molecule has 0 unspecified atom stereocenters. The first-order chi connectivity index (χ1) is 8.56. The van der Waals surface area contributed by atoms with Crippen LogP contribution >= 0.6 is 0 Å². The quantitative estimate of drug-likeness (QED) is 0.845. The first-order valence-corrected chi connectivity index (χ1v) is 5.28. The molecular weight excluding hydrogens is 236 g/mol. The molecule has 7 heteroatoms. The lowest BCUT2D eigenvalue weighted by atomic mass is 10.2. The highest BCUT2D eigenvalue weighted by molar-refractivity contribution is 5.93. The van der Waals surface area contributed by atoms with Gasteiger partial charge in [0.1, 0.15) is 12.1 Å². The summed E-state index contributed by atoms with van der Waals surface area (Å²) in [5, 5.41) is 6.64. The summed E-state index contributed by atoms with van der Waals surface area (Å²) in [6.45, 7) is 2.06. The van der Waals surface area contributed by atoms with Gasteiger partial charge in [-0.25, -0.2) is 9.78 Å². The van der Waals surface area contributed by atoms with E-state index >= 15 is 0 Å². The second-order valence-corrected chi connectivity index (χ2v) is 3.84. The Kier molecular flexibility index (Phi) is 3.22. The maximum Gasteiger partial charge on any atom is 0.335 e. The number of rotatable bonds is 3. The van der Waals surface area contributed by atoms with Crippen molar-refractivity contribution in [1.82, 2.24) is 20.1 Å². The number of hydrogen-bond donors (Lipinski definition) is 1. The molecule has 7 nitrogen and oxygen atoms in total. The van der Waals surface area contributed by atoms with Gasteiger partial charge in [-0.05, 0) is 13.0 Å². The molecular formula is C11H12N4O3. The third kappa shape index (κ3) is 2.62. The molecule has 0 aliphatic carbocycles. The highest BCUT2D eigenvalue weighted by atomic mass is 16.4. The van der Waals surface area contributed by atoms with Crippen molar-refractivity contribution in [3.05, 3.63) is 46.0 Å². The van der Waals surface area contributed by atoms with Gasteiger partial charge in [0.05, 0.1) is 12.1 Å². The van der Waals surface area contributed by atoms with Gasteiger partial charge in [-0.15, -0.1) is 0 Å². The number of amides is 1. The predicted molar refractivity (Wildman–Crippen MR) is 61.9 cm³/mol. The average Bonchev–Trinajstić information content (AvgIpc) is 2.75. The molecule has 0 aliphatic heterocycles. The lowest BCUT2D eigenvalue weighted by Gasteiger charge is -2.14. The Bertz CT molecular complexity index is 596. The van der Waals surface area contributed by atoms with Crippen molar-refractivity contribution in [2.45, 2.75) is 13.5 Å². The largest absolute Gasteiger partial charge is 0.430 e. The fraction of sp³-hybridized carbons (Fsp3) is 0.273. The van der Waals surface area contributed by atoms with Crippen LogP contribution in [0.3, 0.4) is 0 Å². The first kappa shape index (κ1) is 12.0. The minimum Gasteiger partial charge on any atom is -0.430 e. The molecule has 0 fully saturated rings. The van der Waals surface area contributed by atoms with Gasteiger partial charge in [-0.3, -0.25) is 9.89 Å². The van der Waals surface area contributed by atoms with E-state index in [-0.39, 0.29) is 12.5 Å². The van der Waals surface area contributed by atoms with Gasteiger partial charge in [-0.2, -0.15) is 5.10 Å². The van der Waals surface area contributed by atoms with Gasteiger partial charge in [0.25, 0.3) is 5.91 Å². The molecule has 1 N–H and O–H groups in total. The molecule has 2 rings (SSSR count). The molecule has 2 aromatic heterocycles. The molecule has 2 heterocycles. The van der Waals surface area contributed by atoms with E-state index in [0.717, 1.165) is 6.26 Å². The topological polar surface area (TPSA) is 92.1 Å². The zero-order valence-electron chi connectivity index (χ0n) is 10.0. The van der Waals surface area contributed by atoms with Crippen LogP contribution in [0.5, 0.6) is 0 Å². The second-order valence-electron chi connectivity index (χ2n) is 3.84. The van der Waals surface area contributed by atoms with Crippen LogP contribution in [0.25, 0.3) is 0 Å². The number of nitrogens with zero attached hydrogens (tertiary/aromatic N) is 3. The lowest BCUT2D eigenvalue weighted by molar-refractivity contribution is 0.0779. The molecule has 0 aliphatic rings. The lowest BCUT2D eigenvalue weighted by Crippen LogP contribution is -2.27. The monoisotopic (exact) mass is 248 g/mol. The number of aromatic nitrogens is 3. The summed E-state index contributed by atoms with van der Waals surface area (Å²) in [7, 11) is 1.62. The third-order valence-electron chi connectivity index (χ3n) is 2.32. The van der Waals surface area contributed by atoms with Crippen molar-refractivity contribution in [2.24, 2.45) is 0 Å². The van der Waals surface area contributed by atoms with Crippen LogP contribution in [0.2, 0.25) is 0 Å². The number of aryl methyl sites for hydroxylation is 1. The van der Waals surface area contributed by atoms with Gasteiger partial charge >= 0.3 is 5.63 Å². The summed E-state index contributed by atoms with van der Waals surface area (Å²) >= 11 is 0.